The number of benzene rings is 4. The fourth-order valence-electron chi connectivity index (χ4n) is 11.8. The summed E-state index contributed by atoms with van der Waals surface area (Å²) in [6, 6.07) is 20.7. The van der Waals surface area contributed by atoms with Crippen molar-refractivity contribution in [1.29, 1.82) is 0 Å². The second-order valence-corrected chi connectivity index (χ2v) is 25.2. The highest BCUT2D eigenvalue weighted by molar-refractivity contribution is 6.38. The van der Waals surface area contributed by atoms with Crippen molar-refractivity contribution < 1.29 is 76.8 Å². The summed E-state index contributed by atoms with van der Waals surface area (Å²) in [5.41, 5.74) is 1.20. The molecule has 0 radical (unpaired) electrons. The molecule has 6 atom stereocenters. The Bertz CT molecular complexity index is 3430. The van der Waals surface area contributed by atoms with E-state index in [4.69, 9.17) is 18.9 Å². The quantitative estimate of drug-likeness (QED) is 0.0786. The van der Waals surface area contributed by atoms with Crippen molar-refractivity contribution in [2.24, 2.45) is 11.3 Å². The molecule has 3 aliphatic heterocycles. The Morgan fingerprint density at radius 2 is 1.41 bits per heavy atom. The van der Waals surface area contributed by atoms with Gasteiger partial charge in [0, 0.05) is 76.9 Å². The number of ketones is 1. The number of anilines is 1. The third-order valence-corrected chi connectivity index (χ3v) is 17.2. The molecule has 24 nitrogen and oxygen atoms in total. The average molecular weight is 1310 g/mol. The van der Waals surface area contributed by atoms with E-state index in [1.54, 1.807) is 85.9 Å². The molecule has 2 saturated heterocycles. The number of piperidine rings is 1. The molecule has 0 saturated carbocycles. The minimum Gasteiger partial charge on any atom is -0.493 e. The van der Waals surface area contributed by atoms with E-state index in [0.717, 1.165) is 11.6 Å². The number of ether oxygens (including phenoxy) is 4. The molecule has 4 aromatic carbocycles. The third kappa shape index (κ3) is 20.0. The number of aliphatic hydroxyl groups excluding tert-OH is 1. The van der Waals surface area contributed by atoms with Crippen LogP contribution in [0, 0.1) is 11.3 Å². The number of aliphatic hydroxyl groups is 1. The maximum Gasteiger partial charge on any atom is 0.330 e. The molecule has 2 fully saturated rings. The first-order chi connectivity index (χ1) is 45.4. The van der Waals surface area contributed by atoms with Crippen molar-refractivity contribution in [2.45, 2.75) is 141 Å². The van der Waals surface area contributed by atoms with Gasteiger partial charge in [-0.2, -0.15) is 0 Å². The van der Waals surface area contributed by atoms with Crippen LogP contribution in [0.4, 0.5) is 5.69 Å². The SMILES string of the molecule is COc1ccc(CC[C@H]2OC(=O)[C@@H]3CCCCN3C(=O)C(=O)C(C)(C)COC(=O)/C=C/CCN(C)C(=O)[C@H](CC(C)C)N(C)C(=O)[C@H]3CCCN3C(=O)[C@H](Cc3ccc(C(=O)NCCO)cc3)NC(=O)[C@H](c3ccccc3)NC(=O)CCC(=O)Nc3cccc2c3)cc1OC. The van der Waals surface area contributed by atoms with Gasteiger partial charge in [-0.05, 0) is 136 Å². The van der Waals surface area contributed by atoms with Crippen LogP contribution in [-0.4, -0.2) is 182 Å². The summed E-state index contributed by atoms with van der Waals surface area (Å²) in [6.07, 6.45) is 3.72. The lowest BCUT2D eigenvalue weighted by atomic mass is 9.87. The van der Waals surface area contributed by atoms with Crippen molar-refractivity contribution in [3.05, 3.63) is 137 Å². The van der Waals surface area contributed by atoms with Crippen molar-refractivity contribution >= 4 is 70.7 Å². The zero-order valence-corrected chi connectivity index (χ0v) is 55.5. The smallest absolute Gasteiger partial charge is 0.330 e. The first-order valence-electron chi connectivity index (χ1n) is 32.4. The number of rotatable bonds is 13. The lowest BCUT2D eigenvalue weighted by Gasteiger charge is -2.36. The van der Waals surface area contributed by atoms with Crippen LogP contribution in [0.5, 0.6) is 11.5 Å². The minimum absolute atomic E-state index is 0.0263. The molecule has 5 N–H and O–H groups in total. The summed E-state index contributed by atoms with van der Waals surface area (Å²) in [6.45, 7) is 6.35. The molecule has 4 aromatic rings. The summed E-state index contributed by atoms with van der Waals surface area (Å²) < 4.78 is 22.8. The number of hydrogen-bond acceptors (Lipinski definition) is 16. The van der Waals surface area contributed by atoms with Crippen LogP contribution < -0.4 is 30.7 Å². The Morgan fingerprint density at radius 3 is 2.12 bits per heavy atom. The van der Waals surface area contributed by atoms with E-state index < -0.39 is 120 Å². The maximum atomic E-state index is 15.2. The Balaban J connectivity index is 1.21. The molecule has 95 heavy (non-hydrogen) atoms. The number of fused-ring (bicyclic) bond motifs is 4. The van der Waals surface area contributed by atoms with Crippen LogP contribution in [0.2, 0.25) is 0 Å². The van der Waals surface area contributed by atoms with E-state index in [1.807, 2.05) is 19.9 Å². The Kier molecular flexibility index (Phi) is 26.6. The summed E-state index contributed by atoms with van der Waals surface area (Å²) in [5.74, 6) is -6.49. The molecule has 2 bridgehead atoms. The lowest BCUT2D eigenvalue weighted by Crippen LogP contribution is -2.58. The number of aryl methyl sites for hydroxylation is 1. The van der Waals surface area contributed by atoms with Gasteiger partial charge in [-0.25, -0.2) is 9.59 Å². The minimum atomic E-state index is -1.53. The first kappa shape index (κ1) is 73.0. The van der Waals surface area contributed by atoms with Crippen LogP contribution in [0.1, 0.15) is 137 Å². The molecule has 3 heterocycles. The number of hydrogen-bond donors (Lipinski definition) is 5. The Hall–Kier alpha value is -9.45. The molecule has 24 heteroatoms. The summed E-state index contributed by atoms with van der Waals surface area (Å²) in [7, 11) is 6.12. The molecule has 3 aliphatic rings. The molecule has 510 valence electrons. The second kappa shape index (κ2) is 34.6. The molecular formula is C71H90N8O16. The highest BCUT2D eigenvalue weighted by Gasteiger charge is 2.44. The van der Waals surface area contributed by atoms with E-state index in [-0.39, 0.29) is 89.2 Å². The molecule has 0 spiro atoms. The fraction of sp³-hybridized carbons (Fsp3) is 0.479. The molecular weight excluding hydrogens is 1220 g/mol. The number of carbonyl (C=O) groups excluding carboxylic acids is 11. The summed E-state index contributed by atoms with van der Waals surface area (Å²) in [5, 5.41) is 20.4. The fourth-order valence-corrected chi connectivity index (χ4v) is 11.8. The van der Waals surface area contributed by atoms with Gasteiger partial charge in [0.25, 0.3) is 11.8 Å². The van der Waals surface area contributed by atoms with Gasteiger partial charge in [0.15, 0.2) is 11.5 Å². The molecule has 0 aromatic heterocycles. The van der Waals surface area contributed by atoms with Crippen molar-refractivity contribution in [1.82, 2.24) is 35.6 Å². The summed E-state index contributed by atoms with van der Waals surface area (Å²) in [4.78, 5) is 161. The number of methoxy groups -OCH3 is 2. The van der Waals surface area contributed by atoms with E-state index in [9.17, 15) is 53.1 Å². The average Bonchev–Trinajstić information content (AvgIpc) is 1.80. The molecule has 7 rings (SSSR count). The van der Waals surface area contributed by atoms with Crippen molar-refractivity contribution in [2.75, 3.05) is 73.0 Å². The summed E-state index contributed by atoms with van der Waals surface area (Å²) >= 11 is 0. The number of carbonyl (C=O) groups is 11. The zero-order valence-electron chi connectivity index (χ0n) is 55.5. The molecule has 0 aliphatic carbocycles. The zero-order chi connectivity index (χ0) is 68.9. The van der Waals surface area contributed by atoms with Gasteiger partial charge in [-0.15, -0.1) is 0 Å². The monoisotopic (exact) mass is 1310 g/mol. The lowest BCUT2D eigenvalue weighted by molar-refractivity contribution is -0.165. The van der Waals surface area contributed by atoms with E-state index in [2.05, 4.69) is 21.3 Å². The standard InChI is InChI=1S/C71H90N8O16/c1-45(2)40-55-67(88)76(5)36-14-13-24-61(83)94-44-71(3,4)63(84)69(90)79-37-15-12-22-54(79)70(91)95-56(31-27-47-28-32-57(92-7)58(42-47)93-8)50-20-16-21-51(43-50)73-59(81)33-34-60(82)75-62(48-18-10-9-11-19-48)65(86)74-52(66(87)78-38-17-23-53(78)68(89)77(55)6)41-46-25-29-49(30-26-46)64(85)72-35-39-80/h9-11,13,16,18-21,24-26,28-30,32,42-43,45,52-56,62,80H,12,14-15,17,22-23,27,31,33-41,44H2,1-8H3,(H,72,85)(H,73,81)(H,74,86)(H,75,82)/b24-13+/t52-,53+,54-,55-,56+,62-/m0/s1. The Labute approximate surface area is 554 Å². The first-order valence-corrected chi connectivity index (χ1v) is 32.4. The number of esters is 2. The maximum absolute atomic E-state index is 15.2. The molecule has 8 amide bonds. The normalized spacial score (nSPS) is 22.5. The number of nitrogens with zero attached hydrogens (tertiary/aromatic N) is 4. The van der Waals surface area contributed by atoms with E-state index >= 15 is 4.79 Å². The van der Waals surface area contributed by atoms with E-state index in [0.29, 0.717) is 59.6 Å². The van der Waals surface area contributed by atoms with Crippen LogP contribution in [0.15, 0.2) is 109 Å². The van der Waals surface area contributed by atoms with Gasteiger partial charge in [-0.1, -0.05) is 80.6 Å². The van der Waals surface area contributed by atoms with Gasteiger partial charge in [0.1, 0.15) is 42.9 Å². The number of likely N-dealkylation sites (N-methyl/N-ethyl adjacent to an activating group) is 2. The van der Waals surface area contributed by atoms with Gasteiger partial charge < -0.3 is 64.9 Å². The van der Waals surface area contributed by atoms with Gasteiger partial charge in [0.2, 0.25) is 41.2 Å². The van der Waals surface area contributed by atoms with Crippen molar-refractivity contribution in [3.8, 4) is 11.5 Å². The van der Waals surface area contributed by atoms with Gasteiger partial charge in [-0.3, -0.25) is 43.2 Å². The second-order valence-electron chi connectivity index (χ2n) is 25.2. The topological polar surface area (TPSA) is 306 Å². The van der Waals surface area contributed by atoms with Crippen molar-refractivity contribution in [3.63, 3.8) is 0 Å². The predicted molar refractivity (Wildman–Crippen MR) is 351 cm³/mol. The highest BCUT2D eigenvalue weighted by Crippen LogP contribution is 2.33. The van der Waals surface area contributed by atoms with Gasteiger partial charge >= 0.3 is 11.9 Å². The van der Waals surface area contributed by atoms with Crippen LogP contribution in [-0.2, 0) is 70.3 Å². The number of cyclic esters (lactones) is 2. The number of nitrogens with one attached hydrogen (secondary N) is 4. The Morgan fingerprint density at radius 1 is 0.726 bits per heavy atom. The van der Waals surface area contributed by atoms with Crippen LogP contribution in [0.3, 0.4) is 0 Å². The van der Waals surface area contributed by atoms with Gasteiger partial charge in [0.05, 0.1) is 26.2 Å². The largest absolute Gasteiger partial charge is 0.493 e. The molecule has 0 unspecified atom stereocenters. The van der Waals surface area contributed by atoms with E-state index in [1.165, 1.54) is 72.9 Å². The van der Waals surface area contributed by atoms with Crippen LogP contribution >= 0.6 is 0 Å². The number of amides is 8. The van der Waals surface area contributed by atoms with Crippen LogP contribution in [0.25, 0.3) is 0 Å². The number of Topliss-reactive ketones (excluding diaryl/α,β-unsaturated/α-hetero) is 1. The third-order valence-electron chi connectivity index (χ3n) is 17.2. The predicted octanol–water partition coefficient (Wildman–Crippen LogP) is 5.75. The highest BCUT2D eigenvalue weighted by atomic mass is 16.5.